The van der Waals surface area contributed by atoms with Crippen molar-refractivity contribution in [3.63, 3.8) is 0 Å². The molecule has 2 aromatic rings. The third-order valence-corrected chi connectivity index (χ3v) is 3.91. The molecular weight excluding hydrogens is 288 g/mol. The van der Waals surface area contributed by atoms with Crippen molar-refractivity contribution in [1.29, 1.82) is 0 Å². The minimum Gasteiger partial charge on any atom is -0.490 e. The molecule has 0 aliphatic carbocycles. The second-order valence-corrected chi connectivity index (χ2v) is 5.18. The predicted molar refractivity (Wildman–Crippen MR) is 82.6 cm³/mol. The van der Waals surface area contributed by atoms with E-state index >= 15 is 0 Å². The van der Waals surface area contributed by atoms with Gasteiger partial charge < -0.3 is 9.47 Å². The Labute approximate surface area is 128 Å². The highest BCUT2D eigenvalue weighted by Crippen LogP contribution is 2.33. The van der Waals surface area contributed by atoms with Crippen LogP contribution in [0.3, 0.4) is 0 Å². The molecule has 0 aliphatic rings. The fourth-order valence-electron chi connectivity index (χ4n) is 2.07. The maximum atomic E-state index is 5.71. The third-order valence-electron chi connectivity index (χ3n) is 3.02. The maximum absolute atomic E-state index is 5.71. The molecule has 0 saturated heterocycles. The van der Waals surface area contributed by atoms with Crippen molar-refractivity contribution in [2.75, 3.05) is 13.2 Å². The summed E-state index contributed by atoms with van der Waals surface area (Å²) in [7, 11) is 0. The number of nitrogens with one attached hydrogen (secondary N) is 1. The van der Waals surface area contributed by atoms with E-state index in [9.17, 15) is 0 Å². The average molecular weight is 308 g/mol. The summed E-state index contributed by atoms with van der Waals surface area (Å²) >= 11 is 1.34. The first-order chi connectivity index (χ1) is 10.2. The van der Waals surface area contributed by atoms with Crippen molar-refractivity contribution in [1.82, 2.24) is 15.0 Å². The first-order valence-electron chi connectivity index (χ1n) is 6.85. The minimum absolute atomic E-state index is 0.167. The fourth-order valence-corrected chi connectivity index (χ4v) is 2.81. The van der Waals surface area contributed by atoms with Crippen LogP contribution < -0.4 is 20.7 Å². The maximum Gasteiger partial charge on any atom is 0.161 e. The van der Waals surface area contributed by atoms with Gasteiger partial charge in [-0.15, -0.1) is 5.10 Å². The molecule has 0 bridgehead atoms. The van der Waals surface area contributed by atoms with Crippen molar-refractivity contribution in [3.8, 4) is 11.5 Å². The van der Waals surface area contributed by atoms with E-state index in [4.69, 9.17) is 15.3 Å². The number of benzene rings is 1. The normalized spacial score (nSPS) is 12.2. The summed E-state index contributed by atoms with van der Waals surface area (Å²) in [4.78, 5) is 0.990. The summed E-state index contributed by atoms with van der Waals surface area (Å²) in [5.74, 6) is 7.16. The summed E-state index contributed by atoms with van der Waals surface area (Å²) < 4.78 is 15.2. The molecule has 1 aromatic carbocycles. The molecule has 1 unspecified atom stereocenters. The largest absolute Gasteiger partial charge is 0.490 e. The summed E-state index contributed by atoms with van der Waals surface area (Å²) in [6.45, 7) is 6.97. The lowest BCUT2D eigenvalue weighted by Crippen LogP contribution is -2.28. The summed E-state index contributed by atoms with van der Waals surface area (Å²) in [6, 6.07) is 5.65. The molecule has 7 heteroatoms. The number of nitrogens with zero attached hydrogens (tertiary/aromatic N) is 2. The lowest BCUT2D eigenvalue weighted by Gasteiger charge is -2.18. The molecular formula is C14H20N4O2S. The molecule has 1 aromatic heterocycles. The van der Waals surface area contributed by atoms with Gasteiger partial charge in [0.1, 0.15) is 0 Å². The summed E-state index contributed by atoms with van der Waals surface area (Å²) in [5, 5.41) is 4.03. The minimum atomic E-state index is -0.167. The highest BCUT2D eigenvalue weighted by Gasteiger charge is 2.20. The molecule has 114 valence electrons. The zero-order chi connectivity index (χ0) is 15.2. The highest BCUT2D eigenvalue weighted by atomic mass is 32.1. The molecule has 0 saturated carbocycles. The zero-order valence-electron chi connectivity index (χ0n) is 12.4. The standard InChI is InChI=1S/C14H20N4O2S/c1-4-19-11-7-6-10(8-12(11)20-5-2)13(16-15)14-9(3)17-18-21-14/h6-8,13,16H,4-5,15H2,1-3H3. The Hall–Kier alpha value is -1.70. The quantitative estimate of drug-likeness (QED) is 0.603. The smallest absolute Gasteiger partial charge is 0.161 e. The van der Waals surface area contributed by atoms with Crippen molar-refractivity contribution < 1.29 is 9.47 Å². The molecule has 0 amide bonds. The number of ether oxygens (including phenoxy) is 2. The number of hydrogen-bond donors (Lipinski definition) is 2. The predicted octanol–water partition coefficient (Wildman–Crippen LogP) is 2.20. The van der Waals surface area contributed by atoms with Crippen LogP contribution in [0.25, 0.3) is 0 Å². The molecule has 0 radical (unpaired) electrons. The van der Waals surface area contributed by atoms with Gasteiger partial charge in [0.2, 0.25) is 0 Å². The van der Waals surface area contributed by atoms with Gasteiger partial charge in [-0.1, -0.05) is 10.6 Å². The van der Waals surface area contributed by atoms with E-state index in [0.29, 0.717) is 19.0 Å². The van der Waals surface area contributed by atoms with Gasteiger partial charge in [-0.3, -0.25) is 5.84 Å². The Balaban J connectivity index is 2.38. The highest BCUT2D eigenvalue weighted by molar-refractivity contribution is 7.05. The van der Waals surface area contributed by atoms with E-state index in [0.717, 1.165) is 21.9 Å². The molecule has 0 aliphatic heterocycles. The molecule has 6 nitrogen and oxygen atoms in total. The van der Waals surface area contributed by atoms with E-state index in [2.05, 4.69) is 15.0 Å². The second kappa shape index (κ2) is 7.35. The van der Waals surface area contributed by atoms with Crippen molar-refractivity contribution in [2.45, 2.75) is 26.8 Å². The van der Waals surface area contributed by atoms with Gasteiger partial charge in [0.25, 0.3) is 0 Å². The van der Waals surface area contributed by atoms with E-state index in [1.165, 1.54) is 11.5 Å². The lowest BCUT2D eigenvalue weighted by molar-refractivity contribution is 0.287. The number of nitrogens with two attached hydrogens (primary N) is 1. The van der Waals surface area contributed by atoms with Gasteiger partial charge in [-0.2, -0.15) is 0 Å². The van der Waals surface area contributed by atoms with Crippen molar-refractivity contribution in [2.24, 2.45) is 5.84 Å². The van der Waals surface area contributed by atoms with Crippen molar-refractivity contribution in [3.05, 3.63) is 34.3 Å². The number of hydrazine groups is 1. The molecule has 2 rings (SSSR count). The number of rotatable bonds is 7. The molecule has 0 spiro atoms. The molecule has 1 heterocycles. The van der Waals surface area contributed by atoms with Crippen molar-refractivity contribution >= 4 is 11.5 Å². The summed E-state index contributed by atoms with van der Waals surface area (Å²) in [6.07, 6.45) is 0. The van der Waals surface area contributed by atoms with Crippen LogP contribution >= 0.6 is 11.5 Å². The topological polar surface area (TPSA) is 82.3 Å². The van der Waals surface area contributed by atoms with Crippen LogP contribution in [-0.2, 0) is 0 Å². The Bertz CT molecular complexity index is 588. The Morgan fingerprint density at radius 3 is 2.52 bits per heavy atom. The number of hydrogen-bond acceptors (Lipinski definition) is 7. The molecule has 1 atom stereocenters. The van der Waals surface area contributed by atoms with Gasteiger partial charge in [-0.05, 0) is 50.0 Å². The van der Waals surface area contributed by atoms with E-state index in [1.807, 2.05) is 39.0 Å². The molecule has 0 fully saturated rings. The number of aryl methyl sites for hydroxylation is 1. The third kappa shape index (κ3) is 3.49. The monoisotopic (exact) mass is 308 g/mol. The Morgan fingerprint density at radius 1 is 1.24 bits per heavy atom. The molecule has 3 N–H and O–H groups in total. The Kier molecular flexibility index (Phi) is 5.49. The van der Waals surface area contributed by atoms with Gasteiger partial charge in [0.15, 0.2) is 11.5 Å². The van der Waals surface area contributed by atoms with Crippen LogP contribution in [0.15, 0.2) is 18.2 Å². The van der Waals surface area contributed by atoms with Gasteiger partial charge in [0.05, 0.1) is 29.8 Å². The van der Waals surface area contributed by atoms with E-state index in [1.54, 1.807) is 0 Å². The lowest BCUT2D eigenvalue weighted by atomic mass is 10.0. The van der Waals surface area contributed by atoms with E-state index in [-0.39, 0.29) is 6.04 Å². The van der Waals surface area contributed by atoms with Crippen LogP contribution in [0.4, 0.5) is 0 Å². The van der Waals surface area contributed by atoms with Gasteiger partial charge >= 0.3 is 0 Å². The van der Waals surface area contributed by atoms with Crippen LogP contribution in [-0.4, -0.2) is 22.8 Å². The second-order valence-electron chi connectivity index (χ2n) is 4.39. The van der Waals surface area contributed by atoms with Gasteiger partial charge in [0, 0.05) is 0 Å². The SMILES string of the molecule is CCOc1ccc(C(NN)c2snnc2C)cc1OCC. The van der Waals surface area contributed by atoms with Crippen LogP contribution in [0.1, 0.15) is 36.0 Å². The first-order valence-corrected chi connectivity index (χ1v) is 7.63. The van der Waals surface area contributed by atoms with E-state index < -0.39 is 0 Å². The average Bonchev–Trinajstić information content (AvgIpc) is 2.89. The van der Waals surface area contributed by atoms with Crippen LogP contribution in [0, 0.1) is 6.92 Å². The molecule has 21 heavy (non-hydrogen) atoms. The first kappa shape index (κ1) is 15.7. The summed E-state index contributed by atoms with van der Waals surface area (Å²) in [5.41, 5.74) is 4.67. The zero-order valence-corrected chi connectivity index (χ0v) is 13.2. The van der Waals surface area contributed by atoms with Gasteiger partial charge in [-0.25, -0.2) is 5.43 Å². The van der Waals surface area contributed by atoms with Crippen LogP contribution in [0.5, 0.6) is 11.5 Å². The Morgan fingerprint density at radius 2 is 1.95 bits per heavy atom. The fraction of sp³-hybridized carbons (Fsp3) is 0.429. The number of aromatic nitrogens is 2. The van der Waals surface area contributed by atoms with Crippen LogP contribution in [0.2, 0.25) is 0 Å².